The van der Waals surface area contributed by atoms with Crippen LogP contribution in [0, 0.1) is 11.8 Å². The Balaban J connectivity index is 1.42. The molecule has 2 fully saturated rings. The first kappa shape index (κ1) is 12.4. The quantitative estimate of drug-likeness (QED) is 0.888. The maximum Gasteiger partial charge on any atom is 0.223 e. The summed E-state index contributed by atoms with van der Waals surface area (Å²) in [7, 11) is 0. The second-order valence-electron chi connectivity index (χ2n) is 6.62. The van der Waals surface area contributed by atoms with Gasteiger partial charge < -0.3 is 10.2 Å². The smallest absolute Gasteiger partial charge is 0.223 e. The van der Waals surface area contributed by atoms with Crippen LogP contribution < -0.4 is 5.32 Å². The highest BCUT2D eigenvalue weighted by molar-refractivity contribution is 5.77. The van der Waals surface area contributed by atoms with E-state index in [0.717, 1.165) is 39.0 Å². The lowest BCUT2D eigenvalue weighted by Gasteiger charge is -2.20. The molecule has 3 aliphatic rings. The van der Waals surface area contributed by atoms with Crippen LogP contribution in [0.25, 0.3) is 0 Å². The lowest BCUT2D eigenvalue weighted by atomic mass is 9.97. The van der Waals surface area contributed by atoms with Crippen LogP contribution in [-0.4, -0.2) is 37.0 Å². The van der Waals surface area contributed by atoms with E-state index >= 15 is 0 Å². The highest BCUT2D eigenvalue weighted by atomic mass is 16.2. The summed E-state index contributed by atoms with van der Waals surface area (Å²) in [6, 6.07) is 8.64. The van der Waals surface area contributed by atoms with E-state index in [-0.39, 0.29) is 0 Å². The van der Waals surface area contributed by atoms with E-state index in [1.807, 2.05) is 0 Å². The molecule has 4 rings (SSSR count). The molecule has 20 heavy (non-hydrogen) atoms. The lowest BCUT2D eigenvalue weighted by molar-refractivity contribution is -0.130. The maximum absolute atomic E-state index is 12.5. The van der Waals surface area contributed by atoms with Crippen LogP contribution in [0.4, 0.5) is 0 Å². The van der Waals surface area contributed by atoms with Crippen molar-refractivity contribution >= 4 is 5.91 Å². The number of carbonyl (C=O) groups is 1. The van der Waals surface area contributed by atoms with Crippen LogP contribution >= 0.6 is 0 Å². The summed E-state index contributed by atoms with van der Waals surface area (Å²) in [5.41, 5.74) is 2.87. The number of benzene rings is 1. The Kier molecular flexibility index (Phi) is 3.03. The van der Waals surface area contributed by atoms with E-state index in [1.165, 1.54) is 11.1 Å². The van der Waals surface area contributed by atoms with E-state index in [2.05, 4.69) is 34.5 Å². The van der Waals surface area contributed by atoms with Gasteiger partial charge in [0.2, 0.25) is 5.91 Å². The van der Waals surface area contributed by atoms with Crippen LogP contribution in [0.2, 0.25) is 0 Å². The lowest BCUT2D eigenvalue weighted by Crippen LogP contribution is -2.32. The van der Waals surface area contributed by atoms with Crippen molar-refractivity contribution in [3.05, 3.63) is 35.4 Å². The van der Waals surface area contributed by atoms with Crippen molar-refractivity contribution in [1.82, 2.24) is 10.2 Å². The Morgan fingerprint density at radius 2 is 1.95 bits per heavy atom. The third-order valence-electron chi connectivity index (χ3n) is 5.42. The molecule has 0 spiro atoms. The topological polar surface area (TPSA) is 32.3 Å². The zero-order valence-corrected chi connectivity index (χ0v) is 11.8. The molecule has 1 aliphatic carbocycles. The molecule has 1 aromatic rings. The molecule has 1 N–H and O–H groups in total. The monoisotopic (exact) mass is 270 g/mol. The average molecular weight is 270 g/mol. The number of hydrogen-bond donors (Lipinski definition) is 1. The minimum absolute atomic E-state index is 0.376. The van der Waals surface area contributed by atoms with Crippen LogP contribution in [0.3, 0.4) is 0 Å². The number of likely N-dealkylation sites (tertiary alicyclic amines) is 1. The van der Waals surface area contributed by atoms with Crippen molar-refractivity contribution in [2.24, 2.45) is 11.8 Å². The highest BCUT2D eigenvalue weighted by Crippen LogP contribution is 2.36. The fraction of sp³-hybridized carbons (Fsp3) is 0.588. The van der Waals surface area contributed by atoms with Gasteiger partial charge in [0.05, 0.1) is 0 Å². The summed E-state index contributed by atoms with van der Waals surface area (Å²) >= 11 is 0. The molecule has 0 aromatic heterocycles. The summed E-state index contributed by atoms with van der Waals surface area (Å²) < 4.78 is 0. The molecule has 0 saturated carbocycles. The first-order valence-electron chi connectivity index (χ1n) is 7.87. The molecule has 1 aromatic carbocycles. The Hall–Kier alpha value is -1.35. The molecule has 106 valence electrons. The largest absolute Gasteiger partial charge is 0.342 e. The summed E-state index contributed by atoms with van der Waals surface area (Å²) in [4.78, 5) is 14.7. The van der Waals surface area contributed by atoms with Gasteiger partial charge in [0.15, 0.2) is 0 Å². The fourth-order valence-corrected chi connectivity index (χ4v) is 4.26. The zero-order chi connectivity index (χ0) is 13.5. The summed E-state index contributed by atoms with van der Waals surface area (Å²) in [6.07, 6.45) is 3.00. The molecule has 1 unspecified atom stereocenters. The fourth-order valence-electron chi connectivity index (χ4n) is 4.26. The van der Waals surface area contributed by atoms with Crippen LogP contribution in [0.5, 0.6) is 0 Å². The highest BCUT2D eigenvalue weighted by Gasteiger charge is 2.38. The summed E-state index contributed by atoms with van der Waals surface area (Å²) in [5.74, 6) is 2.24. The number of nitrogens with one attached hydrogen (secondary N) is 1. The second-order valence-corrected chi connectivity index (χ2v) is 6.62. The third-order valence-corrected chi connectivity index (χ3v) is 5.42. The minimum Gasteiger partial charge on any atom is -0.342 e. The van der Waals surface area contributed by atoms with Gasteiger partial charge in [-0.25, -0.2) is 0 Å². The van der Waals surface area contributed by atoms with Crippen molar-refractivity contribution in [3.8, 4) is 0 Å². The van der Waals surface area contributed by atoms with Crippen molar-refractivity contribution < 1.29 is 4.79 Å². The predicted molar refractivity (Wildman–Crippen MR) is 78.6 cm³/mol. The molecule has 1 amide bonds. The molecular formula is C17H22N2O. The zero-order valence-electron chi connectivity index (χ0n) is 11.8. The molecule has 3 nitrogen and oxygen atoms in total. The van der Waals surface area contributed by atoms with E-state index < -0.39 is 0 Å². The normalized spacial score (nSPS) is 31.4. The molecular weight excluding hydrogens is 248 g/mol. The van der Waals surface area contributed by atoms with Gasteiger partial charge in [-0.3, -0.25) is 4.79 Å². The number of rotatable bonds is 2. The Bertz CT molecular complexity index is 515. The van der Waals surface area contributed by atoms with Gasteiger partial charge in [-0.15, -0.1) is 0 Å². The Morgan fingerprint density at radius 1 is 1.20 bits per heavy atom. The van der Waals surface area contributed by atoms with E-state index in [1.54, 1.807) is 0 Å². The minimum atomic E-state index is 0.376. The van der Waals surface area contributed by atoms with Crippen molar-refractivity contribution in [2.75, 3.05) is 26.2 Å². The maximum atomic E-state index is 12.5. The molecule has 2 heterocycles. The summed E-state index contributed by atoms with van der Waals surface area (Å²) in [5, 5.41) is 3.43. The molecule has 2 saturated heterocycles. The number of nitrogens with zero attached hydrogens (tertiary/aromatic N) is 1. The van der Waals surface area contributed by atoms with E-state index in [4.69, 9.17) is 0 Å². The van der Waals surface area contributed by atoms with E-state index in [0.29, 0.717) is 30.1 Å². The van der Waals surface area contributed by atoms with Crippen LogP contribution in [-0.2, 0) is 11.2 Å². The first-order valence-corrected chi connectivity index (χ1v) is 7.87. The Labute approximate surface area is 120 Å². The standard InChI is InChI=1S/C17H22N2O/c20-17(19-10-14-8-18-9-15(14)11-19)7-13-6-5-12-3-1-2-4-16(12)13/h1-4,13-15,18H,5-11H2/t13?,14-,15+. The van der Waals surface area contributed by atoms with Crippen molar-refractivity contribution in [2.45, 2.75) is 25.2 Å². The predicted octanol–water partition coefficient (Wildman–Crippen LogP) is 1.78. The van der Waals surface area contributed by atoms with Crippen molar-refractivity contribution in [1.29, 1.82) is 0 Å². The van der Waals surface area contributed by atoms with Gasteiger partial charge in [0.1, 0.15) is 0 Å². The summed E-state index contributed by atoms with van der Waals surface area (Å²) in [6.45, 7) is 4.15. The van der Waals surface area contributed by atoms with Gasteiger partial charge in [0, 0.05) is 32.6 Å². The molecule has 3 heteroatoms. The van der Waals surface area contributed by atoms with Crippen molar-refractivity contribution in [3.63, 3.8) is 0 Å². The SMILES string of the molecule is O=C(CC1CCc2ccccc21)N1C[C@H]2CNC[C@H]2C1. The van der Waals surface area contributed by atoms with E-state index in [9.17, 15) is 4.79 Å². The third kappa shape index (κ3) is 2.05. The molecule has 0 radical (unpaired) electrons. The van der Waals surface area contributed by atoms with Crippen LogP contribution in [0.1, 0.15) is 29.9 Å². The molecule has 3 atom stereocenters. The number of aryl methyl sites for hydroxylation is 1. The second kappa shape index (κ2) is 4.88. The molecule has 0 bridgehead atoms. The molecule has 2 aliphatic heterocycles. The first-order chi connectivity index (χ1) is 9.81. The number of hydrogen-bond acceptors (Lipinski definition) is 2. The average Bonchev–Trinajstić information content (AvgIpc) is 3.12. The van der Waals surface area contributed by atoms with Gasteiger partial charge in [-0.1, -0.05) is 24.3 Å². The number of carbonyl (C=O) groups excluding carboxylic acids is 1. The van der Waals surface area contributed by atoms with Gasteiger partial charge in [-0.05, 0) is 41.7 Å². The van der Waals surface area contributed by atoms with Gasteiger partial charge in [0.25, 0.3) is 0 Å². The van der Waals surface area contributed by atoms with Crippen LogP contribution in [0.15, 0.2) is 24.3 Å². The number of amides is 1. The van der Waals surface area contributed by atoms with Gasteiger partial charge >= 0.3 is 0 Å². The van der Waals surface area contributed by atoms with Gasteiger partial charge in [-0.2, -0.15) is 0 Å². The number of fused-ring (bicyclic) bond motifs is 2. The Morgan fingerprint density at radius 3 is 2.75 bits per heavy atom.